The molecule has 1 aromatic heterocycles. The summed E-state index contributed by atoms with van der Waals surface area (Å²) >= 11 is 0. The van der Waals surface area contributed by atoms with Gasteiger partial charge in [0.05, 0.1) is 12.1 Å². The van der Waals surface area contributed by atoms with Gasteiger partial charge in [0.25, 0.3) is 5.91 Å². The number of carbonyl (C=O) groups excluding carboxylic acids is 2. The smallest absolute Gasteiger partial charge is 0.255 e. The molecule has 2 rings (SSSR count). The van der Waals surface area contributed by atoms with Gasteiger partial charge in [0.1, 0.15) is 11.5 Å². The van der Waals surface area contributed by atoms with E-state index in [1.165, 1.54) is 0 Å². The lowest BCUT2D eigenvalue weighted by Crippen LogP contribution is -2.49. The first-order chi connectivity index (χ1) is 12.8. The molecule has 0 aromatic carbocycles. The highest BCUT2D eigenvalue weighted by atomic mass is 16.3. The molecule has 0 bridgehead atoms. The lowest BCUT2D eigenvalue weighted by molar-refractivity contribution is -0.121. The molecule has 3 N–H and O–H groups in total. The van der Waals surface area contributed by atoms with Crippen LogP contribution < -0.4 is 16.0 Å². The molecule has 0 saturated heterocycles. The highest BCUT2D eigenvalue weighted by Gasteiger charge is 2.26. The van der Waals surface area contributed by atoms with Crippen LogP contribution in [0.25, 0.3) is 0 Å². The second kappa shape index (κ2) is 8.68. The van der Waals surface area contributed by atoms with E-state index in [2.05, 4.69) is 36.7 Å². The molecule has 1 aromatic rings. The van der Waals surface area contributed by atoms with Gasteiger partial charge < -0.3 is 20.4 Å². The average molecular weight is 392 g/mol. The molecule has 1 aliphatic carbocycles. The molecule has 6 heteroatoms. The first-order valence-electron chi connectivity index (χ1n) is 10.3. The normalized spacial score (nSPS) is 20.7. The Morgan fingerprint density at radius 2 is 1.61 bits per heavy atom. The third-order valence-corrected chi connectivity index (χ3v) is 5.04. The Balaban J connectivity index is 1.77. The molecule has 1 heterocycles. The fourth-order valence-electron chi connectivity index (χ4n) is 3.61. The number of nitrogens with one attached hydrogen (secondary N) is 3. The standard InChI is InChI=1S/C22H37N3O3/c1-14-17(12-18(28-14)21(2,3)4)20(27)23-13-19(26)24-15-8-10-16(11-9-15)25-22(5,6)7/h12,15-16,25H,8-11,13H2,1-7H3,(H,23,27)(H,24,26). The second-order valence-corrected chi connectivity index (χ2v) is 10.0. The summed E-state index contributed by atoms with van der Waals surface area (Å²) in [6.07, 6.45) is 4.03. The van der Waals surface area contributed by atoms with E-state index in [1.807, 2.05) is 20.8 Å². The second-order valence-electron chi connectivity index (χ2n) is 10.0. The zero-order valence-corrected chi connectivity index (χ0v) is 18.5. The van der Waals surface area contributed by atoms with Crippen molar-refractivity contribution in [2.75, 3.05) is 6.54 Å². The van der Waals surface area contributed by atoms with Gasteiger partial charge in [-0.15, -0.1) is 0 Å². The minimum absolute atomic E-state index is 0.0194. The van der Waals surface area contributed by atoms with Crippen molar-refractivity contribution in [3.63, 3.8) is 0 Å². The van der Waals surface area contributed by atoms with Crippen LogP contribution in [-0.4, -0.2) is 36.0 Å². The fourth-order valence-corrected chi connectivity index (χ4v) is 3.61. The highest BCUT2D eigenvalue weighted by Crippen LogP contribution is 2.27. The van der Waals surface area contributed by atoms with E-state index in [9.17, 15) is 9.59 Å². The molecule has 0 radical (unpaired) electrons. The van der Waals surface area contributed by atoms with Crippen molar-refractivity contribution in [2.45, 2.75) is 97.2 Å². The maximum atomic E-state index is 12.4. The van der Waals surface area contributed by atoms with Crippen molar-refractivity contribution in [1.82, 2.24) is 16.0 Å². The van der Waals surface area contributed by atoms with Crippen molar-refractivity contribution in [3.05, 3.63) is 23.2 Å². The molecular weight excluding hydrogens is 354 g/mol. The summed E-state index contributed by atoms with van der Waals surface area (Å²) in [5.74, 6) is 0.926. The molecule has 0 aliphatic heterocycles. The van der Waals surface area contributed by atoms with Gasteiger partial charge in [0.2, 0.25) is 5.91 Å². The molecule has 158 valence electrons. The fraction of sp³-hybridized carbons (Fsp3) is 0.727. The van der Waals surface area contributed by atoms with Gasteiger partial charge in [0.15, 0.2) is 0 Å². The lowest BCUT2D eigenvalue weighted by atomic mass is 9.89. The van der Waals surface area contributed by atoms with Crippen LogP contribution in [-0.2, 0) is 10.2 Å². The number of carbonyl (C=O) groups is 2. The van der Waals surface area contributed by atoms with Crippen molar-refractivity contribution >= 4 is 11.8 Å². The Labute approximate surface area is 169 Å². The molecule has 1 saturated carbocycles. The van der Waals surface area contributed by atoms with Crippen molar-refractivity contribution in [3.8, 4) is 0 Å². The molecule has 0 unspecified atom stereocenters. The Morgan fingerprint density at radius 3 is 2.11 bits per heavy atom. The monoisotopic (exact) mass is 391 g/mol. The first-order valence-corrected chi connectivity index (χ1v) is 10.3. The summed E-state index contributed by atoms with van der Waals surface area (Å²) in [5, 5.41) is 9.39. The van der Waals surface area contributed by atoms with E-state index in [1.54, 1.807) is 13.0 Å². The van der Waals surface area contributed by atoms with Gasteiger partial charge in [-0.1, -0.05) is 20.8 Å². The molecule has 6 nitrogen and oxygen atoms in total. The van der Waals surface area contributed by atoms with Crippen LogP contribution in [0, 0.1) is 6.92 Å². The Hall–Kier alpha value is -1.82. The number of aryl methyl sites for hydroxylation is 1. The van der Waals surface area contributed by atoms with Crippen molar-refractivity contribution in [2.24, 2.45) is 0 Å². The van der Waals surface area contributed by atoms with Gasteiger partial charge in [-0.05, 0) is 59.4 Å². The maximum Gasteiger partial charge on any atom is 0.255 e. The maximum absolute atomic E-state index is 12.4. The predicted molar refractivity (Wildman–Crippen MR) is 112 cm³/mol. The summed E-state index contributed by atoms with van der Waals surface area (Å²) in [4.78, 5) is 24.7. The number of amides is 2. The molecule has 1 fully saturated rings. The van der Waals surface area contributed by atoms with Crippen LogP contribution in [0.15, 0.2) is 10.5 Å². The van der Waals surface area contributed by atoms with Crippen LogP contribution in [0.3, 0.4) is 0 Å². The minimum Gasteiger partial charge on any atom is -0.465 e. The van der Waals surface area contributed by atoms with E-state index in [-0.39, 0.29) is 35.4 Å². The summed E-state index contributed by atoms with van der Waals surface area (Å²) < 4.78 is 5.71. The molecule has 2 amide bonds. The highest BCUT2D eigenvalue weighted by molar-refractivity contribution is 5.97. The minimum atomic E-state index is -0.273. The van der Waals surface area contributed by atoms with Crippen molar-refractivity contribution in [1.29, 1.82) is 0 Å². The Bertz CT molecular complexity index is 687. The van der Waals surface area contributed by atoms with Gasteiger partial charge >= 0.3 is 0 Å². The van der Waals surface area contributed by atoms with E-state index in [4.69, 9.17) is 4.42 Å². The van der Waals surface area contributed by atoms with Gasteiger partial charge in [-0.2, -0.15) is 0 Å². The zero-order chi connectivity index (χ0) is 21.1. The molecule has 0 spiro atoms. The Morgan fingerprint density at radius 1 is 1.04 bits per heavy atom. The van der Waals surface area contributed by atoms with E-state index < -0.39 is 0 Å². The van der Waals surface area contributed by atoms with Crippen LogP contribution in [0.2, 0.25) is 0 Å². The summed E-state index contributed by atoms with van der Waals surface area (Å²) in [7, 11) is 0. The van der Waals surface area contributed by atoms with Crippen LogP contribution >= 0.6 is 0 Å². The predicted octanol–water partition coefficient (Wildman–Crippen LogP) is 3.43. The van der Waals surface area contributed by atoms with E-state index >= 15 is 0 Å². The molecule has 1 aliphatic rings. The lowest BCUT2D eigenvalue weighted by Gasteiger charge is -2.34. The number of rotatable bonds is 5. The van der Waals surface area contributed by atoms with Gasteiger partial charge in [0, 0.05) is 23.0 Å². The molecule has 0 atom stereocenters. The largest absolute Gasteiger partial charge is 0.465 e. The third-order valence-electron chi connectivity index (χ3n) is 5.04. The summed E-state index contributed by atoms with van der Waals surface area (Å²) in [6.45, 7) is 14.4. The van der Waals surface area contributed by atoms with Gasteiger partial charge in [-0.3, -0.25) is 9.59 Å². The van der Waals surface area contributed by atoms with E-state index in [0.29, 0.717) is 17.4 Å². The van der Waals surface area contributed by atoms with Gasteiger partial charge in [-0.25, -0.2) is 0 Å². The number of furan rings is 1. The Kier molecular flexibility index (Phi) is 6.97. The van der Waals surface area contributed by atoms with Crippen LogP contribution in [0.1, 0.15) is 89.1 Å². The average Bonchev–Trinajstić information content (AvgIpc) is 2.95. The third kappa shape index (κ3) is 6.66. The molecule has 28 heavy (non-hydrogen) atoms. The first kappa shape index (κ1) is 22.5. The number of hydrogen-bond acceptors (Lipinski definition) is 4. The van der Waals surface area contributed by atoms with Crippen LogP contribution in [0.4, 0.5) is 0 Å². The SMILES string of the molecule is Cc1oc(C(C)(C)C)cc1C(=O)NCC(=O)NC1CCC(NC(C)(C)C)CC1. The summed E-state index contributed by atoms with van der Waals surface area (Å²) in [6, 6.07) is 2.46. The molecular formula is C22H37N3O3. The zero-order valence-electron chi connectivity index (χ0n) is 18.5. The number of hydrogen-bond donors (Lipinski definition) is 3. The van der Waals surface area contributed by atoms with E-state index in [0.717, 1.165) is 31.4 Å². The summed E-state index contributed by atoms with van der Waals surface area (Å²) in [5.41, 5.74) is 0.441. The van der Waals surface area contributed by atoms with Crippen molar-refractivity contribution < 1.29 is 14.0 Å². The quantitative estimate of drug-likeness (QED) is 0.718. The topological polar surface area (TPSA) is 83.4 Å². The van der Waals surface area contributed by atoms with Crippen LogP contribution in [0.5, 0.6) is 0 Å².